The summed E-state index contributed by atoms with van der Waals surface area (Å²) in [5, 5.41) is 12.9. The average Bonchev–Trinajstić information content (AvgIpc) is 3.22. The number of H-pyrrole nitrogens is 1. The van der Waals surface area contributed by atoms with Crippen LogP contribution in [0.5, 0.6) is 5.75 Å². The number of hydrogen-bond acceptors (Lipinski definition) is 3. The number of aldehydes is 1. The van der Waals surface area contributed by atoms with Gasteiger partial charge in [0.25, 0.3) is 0 Å². The fourth-order valence-electron chi connectivity index (χ4n) is 3.78. The summed E-state index contributed by atoms with van der Waals surface area (Å²) >= 11 is 6.08. The Kier molecular flexibility index (Phi) is 7.48. The SMILES string of the molecule is CC(=O)c1cc2cccc(C=O)c2[nH]1.CC[C@@H](PCl)c1c(C)cc(O)c2ccccc12. The standard InChI is InChI=1S/C14H16ClOP.C11H9NO2/c1-3-13(17-15)14-9(2)8-12(16)10-6-4-5-7-11(10)14;1-7(14)10-5-8-3-2-4-9(6-13)11(8)12-10/h4-8,13,16-17H,3H2,1-2H3;2-6,12H,1H3/t13-;/m1./s1. The van der Waals surface area contributed by atoms with Crippen LogP contribution in [0, 0.1) is 6.92 Å². The fraction of sp³-hybridized carbons (Fsp3) is 0.200. The van der Waals surface area contributed by atoms with Crippen molar-refractivity contribution in [3.05, 3.63) is 77.0 Å². The number of aromatic hydroxyl groups is 1. The van der Waals surface area contributed by atoms with Crippen LogP contribution < -0.4 is 0 Å². The number of phenols is 1. The van der Waals surface area contributed by atoms with Gasteiger partial charge in [0.15, 0.2) is 12.1 Å². The predicted molar refractivity (Wildman–Crippen MR) is 131 cm³/mol. The molecular formula is C25H25ClNO3P. The monoisotopic (exact) mass is 453 g/mol. The minimum Gasteiger partial charge on any atom is -0.507 e. The molecule has 31 heavy (non-hydrogen) atoms. The number of hydrogen-bond donors (Lipinski definition) is 2. The molecular weight excluding hydrogens is 429 g/mol. The number of aromatic amines is 1. The molecule has 1 heterocycles. The molecule has 1 unspecified atom stereocenters. The second-order valence-corrected chi connectivity index (χ2v) is 8.98. The van der Waals surface area contributed by atoms with Crippen LogP contribution in [0.15, 0.2) is 54.6 Å². The number of nitrogens with one attached hydrogen (secondary N) is 1. The average molecular weight is 454 g/mol. The first-order chi connectivity index (χ1) is 14.9. The lowest BCUT2D eigenvalue weighted by atomic mass is 9.95. The molecule has 0 spiro atoms. The van der Waals surface area contributed by atoms with Crippen LogP contribution in [0.3, 0.4) is 0 Å². The van der Waals surface area contributed by atoms with Gasteiger partial charge >= 0.3 is 0 Å². The maximum atomic E-state index is 11.1. The summed E-state index contributed by atoms with van der Waals surface area (Å²) in [7, 11) is 0.373. The van der Waals surface area contributed by atoms with E-state index in [0.717, 1.165) is 39.9 Å². The van der Waals surface area contributed by atoms with E-state index in [-0.39, 0.29) is 5.78 Å². The van der Waals surface area contributed by atoms with Gasteiger partial charge in [-0.15, -0.1) is 0 Å². The molecule has 6 heteroatoms. The molecule has 0 aliphatic carbocycles. The van der Waals surface area contributed by atoms with Crippen LogP contribution in [0.2, 0.25) is 0 Å². The number of benzene rings is 3. The largest absolute Gasteiger partial charge is 0.507 e. The summed E-state index contributed by atoms with van der Waals surface area (Å²) in [6.45, 7) is 5.69. The van der Waals surface area contributed by atoms with Crippen molar-refractivity contribution < 1.29 is 14.7 Å². The Morgan fingerprint density at radius 3 is 2.48 bits per heavy atom. The Hall–Kier alpha value is -2.68. The Morgan fingerprint density at radius 2 is 1.87 bits per heavy atom. The van der Waals surface area contributed by atoms with E-state index in [1.54, 1.807) is 18.2 Å². The van der Waals surface area contributed by atoms with E-state index in [1.807, 2.05) is 37.3 Å². The number of phenolic OH excluding ortho intramolecular Hbond substituents is 1. The predicted octanol–water partition coefficient (Wildman–Crippen LogP) is 7.32. The van der Waals surface area contributed by atoms with E-state index < -0.39 is 0 Å². The van der Waals surface area contributed by atoms with Crippen LogP contribution in [-0.2, 0) is 0 Å². The van der Waals surface area contributed by atoms with Gasteiger partial charge in [0, 0.05) is 28.9 Å². The number of aromatic nitrogens is 1. The molecule has 0 saturated carbocycles. The molecule has 3 aromatic carbocycles. The third-order valence-corrected chi connectivity index (χ3v) is 7.10. The van der Waals surface area contributed by atoms with E-state index in [9.17, 15) is 14.7 Å². The van der Waals surface area contributed by atoms with Crippen molar-refractivity contribution >= 4 is 52.9 Å². The van der Waals surface area contributed by atoms with Crippen LogP contribution in [-0.4, -0.2) is 22.2 Å². The minimum absolute atomic E-state index is 0.0296. The Bertz CT molecular complexity index is 1240. The number of carbonyl (C=O) groups is 2. The highest BCUT2D eigenvalue weighted by Crippen LogP contribution is 2.46. The molecule has 2 atom stereocenters. The first kappa shape index (κ1) is 23.0. The first-order valence-electron chi connectivity index (χ1n) is 10.1. The molecule has 4 nitrogen and oxygen atoms in total. The molecule has 0 aliphatic heterocycles. The zero-order chi connectivity index (χ0) is 22.5. The molecule has 0 bridgehead atoms. The van der Waals surface area contributed by atoms with Gasteiger partial charge in [-0.25, -0.2) is 0 Å². The second kappa shape index (κ2) is 10.1. The summed E-state index contributed by atoms with van der Waals surface area (Å²) in [5.41, 5.74) is 4.63. The van der Waals surface area contributed by atoms with Crippen molar-refractivity contribution in [2.24, 2.45) is 0 Å². The normalized spacial score (nSPS) is 12.1. The molecule has 0 fully saturated rings. The maximum absolute atomic E-state index is 11.1. The number of aryl methyl sites for hydroxylation is 1. The number of Topliss-reactive ketones (excluding diaryl/α,β-unsaturated/α-hetero) is 1. The van der Waals surface area contributed by atoms with E-state index in [4.69, 9.17) is 11.2 Å². The van der Waals surface area contributed by atoms with Gasteiger partial charge in [0.05, 0.1) is 11.2 Å². The molecule has 0 amide bonds. The quantitative estimate of drug-likeness (QED) is 0.189. The molecule has 0 aliphatic rings. The number of para-hydroxylation sites is 1. The summed E-state index contributed by atoms with van der Waals surface area (Å²) in [5.74, 6) is 0.327. The van der Waals surface area contributed by atoms with Gasteiger partial charge < -0.3 is 10.1 Å². The van der Waals surface area contributed by atoms with Crippen molar-refractivity contribution in [3.8, 4) is 5.75 Å². The van der Waals surface area contributed by atoms with Crippen molar-refractivity contribution in [2.75, 3.05) is 0 Å². The zero-order valence-corrected chi connectivity index (χ0v) is 19.5. The van der Waals surface area contributed by atoms with Crippen LogP contribution in [0.4, 0.5) is 0 Å². The maximum Gasteiger partial charge on any atom is 0.175 e. The van der Waals surface area contributed by atoms with E-state index in [1.165, 1.54) is 12.5 Å². The van der Waals surface area contributed by atoms with Gasteiger partial charge in [-0.1, -0.05) is 54.6 Å². The third kappa shape index (κ3) is 4.81. The highest BCUT2D eigenvalue weighted by molar-refractivity contribution is 7.68. The van der Waals surface area contributed by atoms with Gasteiger partial charge in [0.2, 0.25) is 0 Å². The van der Waals surface area contributed by atoms with Gasteiger partial charge in [-0.3, -0.25) is 9.59 Å². The van der Waals surface area contributed by atoms with Crippen LogP contribution in [0.25, 0.3) is 21.7 Å². The van der Waals surface area contributed by atoms with Crippen molar-refractivity contribution in [3.63, 3.8) is 0 Å². The van der Waals surface area contributed by atoms with Crippen LogP contribution >= 0.6 is 19.2 Å². The summed E-state index contributed by atoms with van der Waals surface area (Å²) in [6, 6.07) is 17.0. The van der Waals surface area contributed by atoms with Crippen molar-refractivity contribution in [2.45, 2.75) is 32.9 Å². The molecule has 0 saturated heterocycles. The lowest BCUT2D eigenvalue weighted by Crippen LogP contribution is -1.95. The molecule has 4 rings (SSSR count). The van der Waals surface area contributed by atoms with E-state index >= 15 is 0 Å². The summed E-state index contributed by atoms with van der Waals surface area (Å²) < 4.78 is 0. The Balaban J connectivity index is 0.000000179. The van der Waals surface area contributed by atoms with E-state index in [2.05, 4.69) is 18.0 Å². The summed E-state index contributed by atoms with van der Waals surface area (Å²) in [4.78, 5) is 24.7. The van der Waals surface area contributed by atoms with Crippen molar-refractivity contribution in [1.82, 2.24) is 4.98 Å². The number of fused-ring (bicyclic) bond motifs is 2. The highest BCUT2D eigenvalue weighted by atomic mass is 35.7. The van der Waals surface area contributed by atoms with E-state index in [0.29, 0.717) is 30.6 Å². The van der Waals surface area contributed by atoms with Gasteiger partial charge in [-0.2, -0.15) is 0 Å². The Labute approximate surface area is 188 Å². The van der Waals surface area contributed by atoms with Crippen LogP contribution in [0.1, 0.15) is 57.9 Å². The molecule has 0 radical (unpaired) electrons. The number of rotatable bonds is 5. The third-order valence-electron chi connectivity index (χ3n) is 5.35. The number of carbonyl (C=O) groups excluding carboxylic acids is 2. The van der Waals surface area contributed by atoms with Gasteiger partial charge in [-0.05, 0) is 56.0 Å². The molecule has 160 valence electrons. The number of halogens is 1. The lowest BCUT2D eigenvalue weighted by molar-refractivity contribution is 0.101. The fourth-order valence-corrected chi connectivity index (χ4v) is 5.22. The molecule has 1 aromatic heterocycles. The van der Waals surface area contributed by atoms with Crippen molar-refractivity contribution in [1.29, 1.82) is 0 Å². The smallest absolute Gasteiger partial charge is 0.175 e. The highest BCUT2D eigenvalue weighted by Gasteiger charge is 2.16. The molecule has 4 aromatic rings. The molecule has 2 N–H and O–H groups in total. The number of ketones is 1. The second-order valence-electron chi connectivity index (χ2n) is 7.41. The topological polar surface area (TPSA) is 70.2 Å². The first-order valence-corrected chi connectivity index (χ1v) is 12.1. The minimum atomic E-state index is -0.0296. The summed E-state index contributed by atoms with van der Waals surface area (Å²) in [6.07, 6.45) is 1.81. The lowest BCUT2D eigenvalue weighted by Gasteiger charge is -2.18. The van der Waals surface area contributed by atoms with Gasteiger partial charge in [0.1, 0.15) is 5.75 Å². The Morgan fingerprint density at radius 1 is 1.16 bits per heavy atom. The zero-order valence-electron chi connectivity index (χ0n) is 17.7.